The van der Waals surface area contributed by atoms with Crippen molar-refractivity contribution in [2.75, 3.05) is 26.4 Å². The van der Waals surface area contributed by atoms with Gasteiger partial charge in [0.15, 0.2) is 14.6 Å². The summed E-state index contributed by atoms with van der Waals surface area (Å²) in [5.41, 5.74) is 11.0. The fourth-order valence-electron chi connectivity index (χ4n) is 3.35. The van der Waals surface area contributed by atoms with E-state index in [1.165, 1.54) is 30.3 Å². The van der Waals surface area contributed by atoms with Crippen LogP contribution >= 0.6 is 0 Å². The van der Waals surface area contributed by atoms with Gasteiger partial charge in [0.05, 0.1) is 4.90 Å². The molecule has 0 atom stereocenters. The zero-order valence-electron chi connectivity index (χ0n) is 16.8. The summed E-state index contributed by atoms with van der Waals surface area (Å²) in [5.74, 6) is -0.493. The van der Waals surface area contributed by atoms with Crippen LogP contribution in [-0.2, 0) is 19.4 Å². The van der Waals surface area contributed by atoms with Gasteiger partial charge >= 0.3 is 0 Å². The smallest absolute Gasteiger partial charge is 0.248 e. The third kappa shape index (κ3) is 4.80. The molecule has 0 bridgehead atoms. The normalized spacial score (nSPS) is 15.7. The topological polar surface area (TPSA) is 148 Å². The van der Waals surface area contributed by atoms with E-state index in [0.29, 0.717) is 17.1 Å². The van der Waals surface area contributed by atoms with Crippen LogP contribution in [0.3, 0.4) is 0 Å². The van der Waals surface area contributed by atoms with E-state index in [0.717, 1.165) is 0 Å². The average molecular weight is 448 g/mol. The summed E-state index contributed by atoms with van der Waals surface area (Å²) >= 11 is 0. The molecule has 4 N–H and O–H groups in total. The SMILES string of the molecule is NC(=O)c1cccc(OCCOc2ccc(S(=O)(=O)C3(C(N)=O)CCOCC3)cc2)c1. The van der Waals surface area contributed by atoms with Crippen molar-refractivity contribution < 1.29 is 32.2 Å². The summed E-state index contributed by atoms with van der Waals surface area (Å²) in [5, 5.41) is 0. The Balaban J connectivity index is 1.60. The van der Waals surface area contributed by atoms with Gasteiger partial charge < -0.3 is 25.7 Å². The second-order valence-electron chi connectivity index (χ2n) is 7.03. The summed E-state index contributed by atoms with van der Waals surface area (Å²) in [6.07, 6.45) is 0.0500. The number of sulfone groups is 1. The Morgan fingerprint density at radius 2 is 1.55 bits per heavy atom. The Bertz CT molecular complexity index is 1050. The van der Waals surface area contributed by atoms with Crippen LogP contribution in [0.25, 0.3) is 0 Å². The van der Waals surface area contributed by atoms with E-state index in [4.69, 9.17) is 25.7 Å². The lowest BCUT2D eigenvalue weighted by Gasteiger charge is -2.33. The van der Waals surface area contributed by atoms with Crippen molar-refractivity contribution >= 4 is 21.7 Å². The van der Waals surface area contributed by atoms with Gasteiger partial charge in [-0.3, -0.25) is 9.59 Å². The van der Waals surface area contributed by atoms with Crippen molar-refractivity contribution in [3.63, 3.8) is 0 Å². The molecular formula is C21H24N2O7S. The maximum Gasteiger partial charge on any atom is 0.248 e. The highest BCUT2D eigenvalue weighted by molar-refractivity contribution is 7.93. The zero-order valence-corrected chi connectivity index (χ0v) is 17.6. The molecule has 9 nitrogen and oxygen atoms in total. The Hall–Kier alpha value is -3.11. The predicted molar refractivity (Wildman–Crippen MR) is 112 cm³/mol. The molecule has 2 aromatic carbocycles. The maximum absolute atomic E-state index is 13.1. The summed E-state index contributed by atoms with van der Waals surface area (Å²) in [6.45, 7) is 0.708. The molecule has 0 unspecified atom stereocenters. The van der Waals surface area contributed by atoms with Crippen molar-refractivity contribution in [1.29, 1.82) is 0 Å². The first-order valence-electron chi connectivity index (χ1n) is 9.64. The number of ether oxygens (including phenoxy) is 3. The lowest BCUT2D eigenvalue weighted by Crippen LogP contribution is -2.53. The molecule has 2 amide bonds. The molecule has 1 aliphatic heterocycles. The molecule has 0 spiro atoms. The molecule has 1 heterocycles. The van der Waals surface area contributed by atoms with E-state index in [9.17, 15) is 18.0 Å². The predicted octanol–water partition coefficient (Wildman–Crippen LogP) is 1.05. The van der Waals surface area contributed by atoms with Crippen LogP contribution < -0.4 is 20.9 Å². The lowest BCUT2D eigenvalue weighted by atomic mass is 9.98. The molecule has 166 valence electrons. The number of nitrogens with two attached hydrogens (primary N) is 2. The molecule has 0 radical (unpaired) electrons. The van der Waals surface area contributed by atoms with Gasteiger partial charge in [-0.15, -0.1) is 0 Å². The van der Waals surface area contributed by atoms with E-state index in [2.05, 4.69) is 0 Å². The Kier molecular flexibility index (Phi) is 6.81. The van der Waals surface area contributed by atoms with Gasteiger partial charge in [0.25, 0.3) is 0 Å². The number of carbonyl (C=O) groups is 2. The molecule has 2 aromatic rings. The van der Waals surface area contributed by atoms with E-state index in [1.54, 1.807) is 18.2 Å². The number of carbonyl (C=O) groups excluding carboxylic acids is 2. The van der Waals surface area contributed by atoms with Crippen LogP contribution in [0.4, 0.5) is 0 Å². The number of amides is 2. The first kappa shape index (κ1) is 22.6. The van der Waals surface area contributed by atoms with E-state index < -0.39 is 26.4 Å². The number of hydrogen-bond acceptors (Lipinski definition) is 7. The zero-order chi connectivity index (χ0) is 22.5. The third-order valence-electron chi connectivity index (χ3n) is 5.14. The maximum atomic E-state index is 13.1. The minimum Gasteiger partial charge on any atom is -0.490 e. The second kappa shape index (κ2) is 9.36. The van der Waals surface area contributed by atoms with Crippen molar-refractivity contribution in [2.24, 2.45) is 11.5 Å². The molecule has 0 saturated carbocycles. The second-order valence-corrected chi connectivity index (χ2v) is 9.29. The molecule has 0 aliphatic carbocycles. The molecule has 31 heavy (non-hydrogen) atoms. The Morgan fingerprint density at radius 3 is 2.13 bits per heavy atom. The highest BCUT2D eigenvalue weighted by atomic mass is 32.2. The van der Waals surface area contributed by atoms with Gasteiger partial charge in [0.2, 0.25) is 11.8 Å². The van der Waals surface area contributed by atoms with Gasteiger partial charge in [-0.05, 0) is 55.3 Å². The average Bonchev–Trinajstić information content (AvgIpc) is 2.77. The van der Waals surface area contributed by atoms with Crippen molar-refractivity contribution in [2.45, 2.75) is 22.5 Å². The first-order chi connectivity index (χ1) is 14.8. The Morgan fingerprint density at radius 1 is 0.935 bits per heavy atom. The largest absolute Gasteiger partial charge is 0.490 e. The van der Waals surface area contributed by atoms with Crippen molar-refractivity contribution in [1.82, 2.24) is 0 Å². The van der Waals surface area contributed by atoms with Crippen LogP contribution in [-0.4, -0.2) is 51.4 Å². The number of hydrogen-bond donors (Lipinski definition) is 2. The highest BCUT2D eigenvalue weighted by Gasteiger charge is 2.51. The first-order valence-corrected chi connectivity index (χ1v) is 11.1. The number of benzene rings is 2. The van der Waals surface area contributed by atoms with E-state index in [-0.39, 0.29) is 44.2 Å². The number of primary amides is 2. The monoisotopic (exact) mass is 448 g/mol. The minimum absolute atomic E-state index is 0.0000617. The van der Waals surface area contributed by atoms with E-state index in [1.807, 2.05) is 0 Å². The van der Waals surface area contributed by atoms with Gasteiger partial charge in [0, 0.05) is 18.8 Å². The fraction of sp³-hybridized carbons (Fsp3) is 0.333. The van der Waals surface area contributed by atoms with Crippen LogP contribution in [0.1, 0.15) is 23.2 Å². The van der Waals surface area contributed by atoms with Gasteiger partial charge in [-0.1, -0.05) is 6.07 Å². The quantitative estimate of drug-likeness (QED) is 0.545. The molecule has 1 aliphatic rings. The minimum atomic E-state index is -3.98. The van der Waals surface area contributed by atoms with Crippen LogP contribution in [0.15, 0.2) is 53.4 Å². The van der Waals surface area contributed by atoms with Crippen molar-refractivity contribution in [3.05, 3.63) is 54.1 Å². The van der Waals surface area contributed by atoms with E-state index >= 15 is 0 Å². The van der Waals surface area contributed by atoms with Gasteiger partial charge in [0.1, 0.15) is 24.7 Å². The number of rotatable bonds is 9. The molecule has 3 rings (SSSR count). The van der Waals surface area contributed by atoms with Crippen LogP contribution in [0.2, 0.25) is 0 Å². The summed E-state index contributed by atoms with van der Waals surface area (Å²) in [6, 6.07) is 12.3. The fourth-order valence-corrected chi connectivity index (χ4v) is 5.26. The summed E-state index contributed by atoms with van der Waals surface area (Å²) < 4.78 is 40.8. The lowest BCUT2D eigenvalue weighted by molar-refractivity contribution is -0.122. The summed E-state index contributed by atoms with van der Waals surface area (Å²) in [7, 11) is -3.98. The third-order valence-corrected chi connectivity index (χ3v) is 7.67. The molecule has 1 saturated heterocycles. The molecule has 10 heteroatoms. The van der Waals surface area contributed by atoms with Gasteiger partial charge in [-0.25, -0.2) is 8.42 Å². The van der Waals surface area contributed by atoms with Crippen molar-refractivity contribution in [3.8, 4) is 11.5 Å². The van der Waals surface area contributed by atoms with Gasteiger partial charge in [-0.2, -0.15) is 0 Å². The molecular weight excluding hydrogens is 424 g/mol. The van der Waals surface area contributed by atoms with Crippen LogP contribution in [0.5, 0.6) is 11.5 Å². The van der Waals surface area contributed by atoms with Crippen LogP contribution in [0, 0.1) is 0 Å². The Labute approximate surface area is 180 Å². The highest BCUT2D eigenvalue weighted by Crippen LogP contribution is 2.35. The summed E-state index contributed by atoms with van der Waals surface area (Å²) in [4.78, 5) is 23.2. The molecule has 0 aromatic heterocycles. The molecule has 1 fully saturated rings. The standard InChI is InChI=1S/C21H24N2O7S/c22-19(24)15-2-1-3-17(14-15)30-13-12-29-16-4-6-18(7-5-16)31(26,27)21(20(23)25)8-10-28-11-9-21/h1-7,14H,8-13H2,(H2,22,24)(H2,23,25).